The fourth-order valence-electron chi connectivity index (χ4n) is 6.07. The molecule has 0 radical (unpaired) electrons. The minimum Gasteiger partial charge on any atom is -0.412 e. The van der Waals surface area contributed by atoms with Gasteiger partial charge in [0.05, 0.1) is 6.04 Å². The van der Waals surface area contributed by atoms with Crippen LogP contribution in [0.2, 0.25) is 5.02 Å². The number of hydrogen-bond acceptors (Lipinski definition) is 2. The number of halogens is 1. The highest BCUT2D eigenvalue weighted by atomic mass is 35.5. The second-order valence-electron chi connectivity index (χ2n) is 11.5. The summed E-state index contributed by atoms with van der Waals surface area (Å²) in [6.07, 6.45) is 9.18. The van der Waals surface area contributed by atoms with Crippen molar-refractivity contribution in [1.29, 1.82) is 0 Å². The van der Waals surface area contributed by atoms with Crippen LogP contribution in [0.5, 0.6) is 0 Å². The van der Waals surface area contributed by atoms with Crippen LogP contribution in [0, 0.1) is 23.2 Å². The Morgan fingerprint density at radius 2 is 1.66 bits per heavy atom. The summed E-state index contributed by atoms with van der Waals surface area (Å²) < 4.78 is 0. The van der Waals surface area contributed by atoms with Gasteiger partial charge >= 0.3 is 0 Å². The molecule has 0 unspecified atom stereocenters. The molecule has 1 aliphatic heterocycles. The lowest BCUT2D eigenvalue weighted by Gasteiger charge is -2.46. The van der Waals surface area contributed by atoms with Gasteiger partial charge in [-0.3, -0.25) is 4.79 Å². The van der Waals surface area contributed by atoms with Gasteiger partial charge in [-0.1, -0.05) is 97.9 Å². The smallest absolute Gasteiger partial charge is 0.239 e. The Hall–Kier alpha value is -1.14. The van der Waals surface area contributed by atoms with E-state index in [9.17, 15) is 4.79 Å². The van der Waals surface area contributed by atoms with Crippen molar-refractivity contribution < 1.29 is 15.7 Å². The first kappa shape index (κ1) is 33.9. The third-order valence-corrected chi connectivity index (χ3v) is 8.42. The minimum atomic E-state index is -0.0866. The molecule has 1 heterocycles. The van der Waals surface area contributed by atoms with Crippen molar-refractivity contribution in [2.45, 2.75) is 99.0 Å². The maximum absolute atomic E-state index is 13.5. The van der Waals surface area contributed by atoms with Gasteiger partial charge in [-0.2, -0.15) is 0 Å². The van der Waals surface area contributed by atoms with Crippen molar-refractivity contribution in [3.8, 4) is 0 Å². The molecule has 2 aliphatic rings. The van der Waals surface area contributed by atoms with Gasteiger partial charge in [0.1, 0.15) is 0 Å². The number of amides is 1. The van der Waals surface area contributed by atoms with Crippen molar-refractivity contribution >= 4 is 17.5 Å². The zero-order valence-corrected chi connectivity index (χ0v) is 22.8. The standard InChI is InChI=1S/C28H45ClN2O.CH4.2H2O/c1-20(2)26(30-17-15-21(3)22-9-7-6-8-10-22)27(32)31-18-16-25(28(4,5)19-31)23-11-13-24(29)14-12-23;;;/h11-14,20-22,25-26,30H,6-10,15-19H2,1-5H3;1H4;2*1H2/t21-,25+,26+;;;/m0.../s1. The zero-order valence-electron chi connectivity index (χ0n) is 22.0. The maximum Gasteiger partial charge on any atom is 0.239 e. The zero-order chi connectivity index (χ0) is 23.3. The van der Waals surface area contributed by atoms with Crippen LogP contribution < -0.4 is 5.32 Å². The predicted octanol–water partition coefficient (Wildman–Crippen LogP) is 5.89. The number of nitrogens with zero attached hydrogens (tertiary/aromatic N) is 1. The van der Waals surface area contributed by atoms with E-state index in [-0.39, 0.29) is 35.7 Å². The quantitative estimate of drug-likeness (QED) is 0.470. The van der Waals surface area contributed by atoms with Crippen molar-refractivity contribution in [1.82, 2.24) is 10.2 Å². The molecule has 0 aromatic heterocycles. The summed E-state index contributed by atoms with van der Waals surface area (Å²) in [5.74, 6) is 2.66. The summed E-state index contributed by atoms with van der Waals surface area (Å²) >= 11 is 6.10. The molecule has 1 aromatic carbocycles. The number of likely N-dealkylation sites (tertiary alicyclic amines) is 1. The second kappa shape index (κ2) is 15.2. The van der Waals surface area contributed by atoms with Crippen molar-refractivity contribution in [2.24, 2.45) is 23.2 Å². The molecule has 204 valence electrons. The number of benzene rings is 1. The molecule has 3 atom stereocenters. The lowest BCUT2D eigenvalue weighted by atomic mass is 9.70. The first-order valence-corrected chi connectivity index (χ1v) is 13.3. The molecule has 1 amide bonds. The van der Waals surface area contributed by atoms with Crippen LogP contribution >= 0.6 is 11.6 Å². The Bertz CT molecular complexity index is 732. The van der Waals surface area contributed by atoms with Crippen LogP contribution in [-0.4, -0.2) is 47.4 Å². The number of rotatable bonds is 8. The van der Waals surface area contributed by atoms with E-state index in [1.54, 1.807) is 0 Å². The highest BCUT2D eigenvalue weighted by Crippen LogP contribution is 2.42. The fourth-order valence-corrected chi connectivity index (χ4v) is 6.19. The van der Waals surface area contributed by atoms with E-state index < -0.39 is 0 Å². The summed E-state index contributed by atoms with van der Waals surface area (Å²) in [6, 6.07) is 8.18. The Morgan fingerprint density at radius 1 is 1.06 bits per heavy atom. The number of carbonyl (C=O) groups excluding carboxylic acids is 1. The van der Waals surface area contributed by atoms with E-state index in [0.29, 0.717) is 11.8 Å². The van der Waals surface area contributed by atoms with E-state index in [0.717, 1.165) is 42.9 Å². The molecule has 2 fully saturated rings. The molecule has 5 nitrogen and oxygen atoms in total. The molecule has 5 N–H and O–H groups in total. The molecule has 0 bridgehead atoms. The first-order chi connectivity index (χ1) is 15.2. The topological polar surface area (TPSA) is 95.3 Å². The van der Waals surface area contributed by atoms with E-state index in [1.165, 1.54) is 44.1 Å². The predicted molar refractivity (Wildman–Crippen MR) is 150 cm³/mol. The van der Waals surface area contributed by atoms with Crippen molar-refractivity contribution in [2.75, 3.05) is 19.6 Å². The van der Waals surface area contributed by atoms with Gasteiger partial charge < -0.3 is 21.2 Å². The Labute approximate surface area is 220 Å². The summed E-state index contributed by atoms with van der Waals surface area (Å²) in [5.41, 5.74) is 1.38. The van der Waals surface area contributed by atoms with Crippen LogP contribution in [-0.2, 0) is 4.79 Å². The Morgan fingerprint density at radius 3 is 2.20 bits per heavy atom. The minimum absolute atomic E-state index is 0. The number of piperidine rings is 1. The molecular weight excluding hydrogens is 460 g/mol. The molecule has 3 rings (SSSR count). The summed E-state index contributed by atoms with van der Waals surface area (Å²) in [5, 5.41) is 4.44. The molecule has 1 aliphatic carbocycles. The summed E-state index contributed by atoms with van der Waals surface area (Å²) in [6.45, 7) is 13.9. The van der Waals surface area contributed by atoms with Gasteiger partial charge in [0.15, 0.2) is 0 Å². The van der Waals surface area contributed by atoms with Gasteiger partial charge in [0.2, 0.25) is 5.91 Å². The molecule has 1 aromatic rings. The molecular formula is C29H53ClN2O3. The van der Waals surface area contributed by atoms with Gasteiger partial charge in [-0.15, -0.1) is 0 Å². The van der Waals surface area contributed by atoms with Crippen LogP contribution in [0.15, 0.2) is 24.3 Å². The first-order valence-electron chi connectivity index (χ1n) is 13.0. The van der Waals surface area contributed by atoms with Gasteiger partial charge in [0.25, 0.3) is 0 Å². The lowest BCUT2D eigenvalue weighted by Crippen LogP contribution is -2.55. The highest BCUT2D eigenvalue weighted by molar-refractivity contribution is 6.30. The SMILES string of the molecule is C.CC(C)[C@@H](NCC[C@H](C)C1CCCCC1)C(=O)N1CC[C@H](c2ccc(Cl)cc2)C(C)(C)C1.O.O. The fraction of sp³-hybridized carbons (Fsp3) is 0.759. The van der Waals surface area contributed by atoms with Crippen LogP contribution in [0.3, 0.4) is 0 Å². The number of carbonyl (C=O) groups is 1. The Balaban J connectivity index is 0.00000385. The lowest BCUT2D eigenvalue weighted by molar-refractivity contribution is -0.138. The van der Waals surface area contributed by atoms with Crippen LogP contribution in [0.25, 0.3) is 0 Å². The highest BCUT2D eigenvalue weighted by Gasteiger charge is 2.40. The molecule has 0 spiro atoms. The van der Waals surface area contributed by atoms with Crippen LogP contribution in [0.4, 0.5) is 0 Å². The van der Waals surface area contributed by atoms with Gasteiger partial charge in [-0.25, -0.2) is 0 Å². The summed E-state index contributed by atoms with van der Waals surface area (Å²) in [4.78, 5) is 15.7. The molecule has 6 heteroatoms. The third kappa shape index (κ3) is 9.03. The van der Waals surface area contributed by atoms with Crippen molar-refractivity contribution in [3.05, 3.63) is 34.9 Å². The third-order valence-electron chi connectivity index (χ3n) is 8.16. The Kier molecular flexibility index (Phi) is 14.7. The van der Waals surface area contributed by atoms with E-state index in [4.69, 9.17) is 11.6 Å². The maximum atomic E-state index is 13.5. The average Bonchev–Trinajstić information content (AvgIpc) is 2.76. The average molecular weight is 513 g/mol. The van der Waals surface area contributed by atoms with Gasteiger partial charge in [-0.05, 0) is 66.2 Å². The number of hydrogen-bond donors (Lipinski definition) is 1. The van der Waals surface area contributed by atoms with E-state index >= 15 is 0 Å². The monoisotopic (exact) mass is 512 g/mol. The molecule has 35 heavy (non-hydrogen) atoms. The van der Waals surface area contributed by atoms with Crippen LogP contribution in [0.1, 0.15) is 98.5 Å². The molecule has 1 saturated heterocycles. The second-order valence-corrected chi connectivity index (χ2v) is 11.9. The van der Waals surface area contributed by atoms with E-state index in [2.05, 4.69) is 57.0 Å². The largest absolute Gasteiger partial charge is 0.412 e. The van der Waals surface area contributed by atoms with Crippen molar-refractivity contribution in [3.63, 3.8) is 0 Å². The number of nitrogens with one attached hydrogen (secondary N) is 1. The van der Waals surface area contributed by atoms with E-state index in [1.807, 2.05) is 12.1 Å². The normalized spacial score (nSPS) is 21.8. The van der Waals surface area contributed by atoms with Gasteiger partial charge in [0, 0.05) is 18.1 Å². The summed E-state index contributed by atoms with van der Waals surface area (Å²) in [7, 11) is 0. The molecule has 1 saturated carbocycles.